The van der Waals surface area contributed by atoms with Gasteiger partial charge in [0.25, 0.3) is 5.91 Å². The van der Waals surface area contributed by atoms with E-state index in [1.807, 2.05) is 38.1 Å². The van der Waals surface area contributed by atoms with Gasteiger partial charge in [0.1, 0.15) is 6.04 Å². The lowest BCUT2D eigenvalue weighted by molar-refractivity contribution is -0.149. The third-order valence-corrected chi connectivity index (χ3v) is 5.34. The molecule has 7 heteroatoms. The highest BCUT2D eigenvalue weighted by Crippen LogP contribution is 2.20. The van der Waals surface area contributed by atoms with Crippen molar-refractivity contribution in [3.63, 3.8) is 0 Å². The lowest BCUT2D eigenvalue weighted by Gasteiger charge is -2.22. The predicted octanol–water partition coefficient (Wildman–Crippen LogP) is 3.80. The Labute approximate surface area is 166 Å². The number of thiophene rings is 1. The number of carbonyl (C=O) groups excluding carboxylic acids is 3. The van der Waals surface area contributed by atoms with Crippen LogP contribution >= 0.6 is 11.3 Å². The van der Waals surface area contributed by atoms with Gasteiger partial charge in [-0.2, -0.15) is 0 Å². The van der Waals surface area contributed by atoms with Gasteiger partial charge in [-0.25, -0.2) is 4.79 Å². The van der Waals surface area contributed by atoms with Gasteiger partial charge in [0, 0.05) is 22.7 Å². The molecule has 2 heterocycles. The minimum atomic E-state index is -0.966. The number of Topliss-reactive ketones (excluding diaryl/α,β-unsaturated/α-hetero) is 1. The molecule has 0 aliphatic rings. The average Bonchev–Trinajstić information content (AvgIpc) is 3.34. The number of hydrogen-bond acceptors (Lipinski definition) is 5. The van der Waals surface area contributed by atoms with E-state index in [0.717, 1.165) is 10.9 Å². The molecule has 2 N–H and O–H groups in total. The van der Waals surface area contributed by atoms with E-state index in [-0.39, 0.29) is 17.6 Å². The predicted molar refractivity (Wildman–Crippen MR) is 109 cm³/mol. The second-order valence-electron chi connectivity index (χ2n) is 6.86. The zero-order chi connectivity index (χ0) is 20.3. The van der Waals surface area contributed by atoms with Crippen LogP contribution in [0.4, 0.5) is 0 Å². The largest absolute Gasteiger partial charge is 0.453 e. The maximum atomic E-state index is 12.8. The first-order chi connectivity index (χ1) is 13.4. The smallest absolute Gasteiger partial charge is 0.329 e. The topological polar surface area (TPSA) is 88.3 Å². The molecule has 3 aromatic rings. The van der Waals surface area contributed by atoms with E-state index in [2.05, 4.69) is 10.3 Å². The number of nitrogens with one attached hydrogen (secondary N) is 2. The number of aromatic amines is 1. The van der Waals surface area contributed by atoms with Crippen LogP contribution < -0.4 is 5.32 Å². The van der Waals surface area contributed by atoms with Crippen molar-refractivity contribution in [2.45, 2.75) is 32.9 Å². The normalized spacial score (nSPS) is 13.3. The number of carbonyl (C=O) groups is 3. The van der Waals surface area contributed by atoms with Gasteiger partial charge < -0.3 is 15.0 Å². The summed E-state index contributed by atoms with van der Waals surface area (Å²) in [6, 6.07) is 10.0. The summed E-state index contributed by atoms with van der Waals surface area (Å²) >= 11 is 1.29. The third kappa shape index (κ3) is 4.14. The average molecular weight is 398 g/mol. The number of fused-ring (bicyclic) bond motifs is 1. The summed E-state index contributed by atoms with van der Waals surface area (Å²) in [5.74, 6) is -1.44. The molecule has 0 aliphatic carbocycles. The van der Waals surface area contributed by atoms with Crippen molar-refractivity contribution in [2.75, 3.05) is 0 Å². The summed E-state index contributed by atoms with van der Waals surface area (Å²) in [6.45, 7) is 5.17. The van der Waals surface area contributed by atoms with Crippen molar-refractivity contribution in [3.8, 4) is 0 Å². The van der Waals surface area contributed by atoms with Gasteiger partial charge in [-0.1, -0.05) is 38.1 Å². The van der Waals surface area contributed by atoms with Gasteiger partial charge >= 0.3 is 5.97 Å². The number of ether oxygens (including phenoxy) is 1. The number of para-hydroxylation sites is 1. The van der Waals surface area contributed by atoms with Crippen molar-refractivity contribution in [3.05, 3.63) is 58.4 Å². The number of esters is 1. The lowest BCUT2D eigenvalue weighted by atomic mass is 10.0. The summed E-state index contributed by atoms with van der Waals surface area (Å²) < 4.78 is 5.41. The highest BCUT2D eigenvalue weighted by Gasteiger charge is 2.30. The van der Waals surface area contributed by atoms with E-state index < -0.39 is 18.1 Å². The molecule has 2 aromatic heterocycles. The number of rotatable bonds is 7. The van der Waals surface area contributed by atoms with Crippen molar-refractivity contribution < 1.29 is 19.1 Å². The molecular formula is C21H22N2O4S. The van der Waals surface area contributed by atoms with E-state index in [1.165, 1.54) is 11.3 Å². The van der Waals surface area contributed by atoms with Crippen LogP contribution in [0.1, 0.15) is 40.8 Å². The van der Waals surface area contributed by atoms with Gasteiger partial charge in [0.15, 0.2) is 6.10 Å². The Morgan fingerprint density at radius 2 is 1.82 bits per heavy atom. The molecule has 0 spiro atoms. The van der Waals surface area contributed by atoms with Crippen LogP contribution in [0.3, 0.4) is 0 Å². The molecular weight excluding hydrogens is 376 g/mol. The van der Waals surface area contributed by atoms with Gasteiger partial charge in [-0.15, -0.1) is 11.3 Å². The van der Waals surface area contributed by atoms with Crippen LogP contribution in [0.2, 0.25) is 0 Å². The van der Waals surface area contributed by atoms with Crippen LogP contribution in [0.15, 0.2) is 48.0 Å². The Morgan fingerprint density at radius 3 is 2.50 bits per heavy atom. The number of H-pyrrole nitrogens is 1. The van der Waals surface area contributed by atoms with Crippen LogP contribution in [-0.4, -0.2) is 34.8 Å². The Hall–Kier alpha value is -2.93. The first-order valence-electron chi connectivity index (χ1n) is 9.03. The summed E-state index contributed by atoms with van der Waals surface area (Å²) in [5, 5.41) is 5.28. The van der Waals surface area contributed by atoms with Crippen molar-refractivity contribution in [2.24, 2.45) is 5.92 Å². The molecule has 0 aliphatic heterocycles. The fourth-order valence-electron chi connectivity index (χ4n) is 2.91. The first-order valence-corrected chi connectivity index (χ1v) is 9.91. The number of ketones is 1. The van der Waals surface area contributed by atoms with E-state index in [0.29, 0.717) is 10.4 Å². The second-order valence-corrected chi connectivity index (χ2v) is 7.81. The maximum Gasteiger partial charge on any atom is 0.329 e. The quantitative estimate of drug-likeness (QED) is 0.468. The number of hydrogen-bond donors (Lipinski definition) is 2. The van der Waals surface area contributed by atoms with Gasteiger partial charge in [-0.05, 0) is 30.4 Å². The summed E-state index contributed by atoms with van der Waals surface area (Å²) in [5.41, 5.74) is 1.31. The SMILES string of the molecule is CC(C)[C@H](NC(=O)c1cccs1)C(=O)O[C@@H](C)C(=O)c1c[nH]c2ccccc12. The third-order valence-electron chi connectivity index (χ3n) is 4.47. The zero-order valence-electron chi connectivity index (χ0n) is 15.9. The van der Waals surface area contributed by atoms with Crippen LogP contribution in [0, 0.1) is 5.92 Å². The second kappa shape index (κ2) is 8.39. The van der Waals surface area contributed by atoms with Crippen molar-refractivity contribution >= 4 is 39.9 Å². The number of benzene rings is 1. The molecule has 0 fully saturated rings. The molecule has 0 unspecified atom stereocenters. The molecule has 3 rings (SSSR count). The molecule has 1 amide bonds. The molecule has 0 saturated heterocycles. The van der Waals surface area contributed by atoms with Crippen LogP contribution in [0.25, 0.3) is 10.9 Å². The van der Waals surface area contributed by atoms with Gasteiger partial charge in [0.05, 0.1) is 4.88 Å². The minimum absolute atomic E-state index is 0.188. The monoisotopic (exact) mass is 398 g/mol. The summed E-state index contributed by atoms with van der Waals surface area (Å²) in [4.78, 5) is 41.3. The highest BCUT2D eigenvalue weighted by molar-refractivity contribution is 7.12. The Balaban J connectivity index is 1.70. The van der Waals surface area contributed by atoms with Crippen molar-refractivity contribution in [1.82, 2.24) is 10.3 Å². The van der Waals surface area contributed by atoms with E-state index in [4.69, 9.17) is 4.74 Å². The number of amides is 1. The number of aromatic nitrogens is 1. The van der Waals surface area contributed by atoms with Crippen molar-refractivity contribution in [1.29, 1.82) is 0 Å². The molecule has 6 nitrogen and oxygen atoms in total. The van der Waals surface area contributed by atoms with E-state index in [9.17, 15) is 14.4 Å². The van der Waals surface area contributed by atoms with E-state index in [1.54, 1.807) is 30.6 Å². The molecule has 28 heavy (non-hydrogen) atoms. The Morgan fingerprint density at radius 1 is 1.07 bits per heavy atom. The molecule has 0 bridgehead atoms. The Bertz CT molecular complexity index is 991. The minimum Gasteiger partial charge on any atom is -0.453 e. The van der Waals surface area contributed by atoms with E-state index >= 15 is 0 Å². The molecule has 146 valence electrons. The van der Waals surface area contributed by atoms with Crippen LogP contribution in [-0.2, 0) is 9.53 Å². The molecule has 2 atom stereocenters. The molecule has 1 aromatic carbocycles. The standard InChI is InChI=1S/C21H22N2O4S/c1-12(2)18(23-20(25)17-9-6-10-28-17)21(26)27-13(3)19(24)15-11-22-16-8-5-4-7-14(15)16/h4-13,18,22H,1-3H3,(H,23,25)/t13-,18-/m0/s1. The zero-order valence-corrected chi connectivity index (χ0v) is 16.7. The molecule has 0 saturated carbocycles. The lowest BCUT2D eigenvalue weighted by Crippen LogP contribution is -2.46. The fourth-order valence-corrected chi connectivity index (χ4v) is 3.54. The Kier molecular flexibility index (Phi) is 5.94. The summed E-state index contributed by atoms with van der Waals surface area (Å²) in [7, 11) is 0. The first kappa shape index (κ1) is 19.8. The van der Waals surface area contributed by atoms with Gasteiger partial charge in [-0.3, -0.25) is 9.59 Å². The molecule has 0 radical (unpaired) electrons. The van der Waals surface area contributed by atoms with Gasteiger partial charge in [0.2, 0.25) is 5.78 Å². The van der Waals surface area contributed by atoms with Crippen LogP contribution in [0.5, 0.6) is 0 Å². The highest BCUT2D eigenvalue weighted by atomic mass is 32.1. The maximum absolute atomic E-state index is 12.8. The summed E-state index contributed by atoms with van der Waals surface area (Å²) in [6.07, 6.45) is 0.655. The fraction of sp³-hybridized carbons (Fsp3) is 0.286.